The molecule has 0 aliphatic heterocycles. The number of ether oxygens (including phenoxy) is 1. The lowest BCUT2D eigenvalue weighted by atomic mass is 10.0. The van der Waals surface area contributed by atoms with Gasteiger partial charge in [-0.15, -0.1) is 11.3 Å². The summed E-state index contributed by atoms with van der Waals surface area (Å²) in [6.45, 7) is 0. The summed E-state index contributed by atoms with van der Waals surface area (Å²) >= 11 is 1.77. The molecule has 4 rings (SSSR count). The predicted molar refractivity (Wildman–Crippen MR) is 97.0 cm³/mol. The molecule has 2 aromatic carbocycles. The molecule has 0 atom stereocenters. The Balaban J connectivity index is 1.73. The van der Waals surface area contributed by atoms with Crippen LogP contribution in [0.15, 0.2) is 72.2 Å². The Morgan fingerprint density at radius 1 is 0.913 bits per heavy atom. The van der Waals surface area contributed by atoms with E-state index in [1.165, 1.54) is 15.6 Å². The molecule has 2 heterocycles. The van der Waals surface area contributed by atoms with E-state index in [4.69, 9.17) is 4.74 Å². The summed E-state index contributed by atoms with van der Waals surface area (Å²) in [5, 5.41) is 3.49. The van der Waals surface area contributed by atoms with Crippen molar-refractivity contribution in [2.24, 2.45) is 0 Å². The van der Waals surface area contributed by atoms with E-state index in [1.807, 2.05) is 30.5 Å². The average molecular weight is 317 g/mol. The van der Waals surface area contributed by atoms with Crippen LogP contribution in [0.2, 0.25) is 0 Å². The van der Waals surface area contributed by atoms with Crippen molar-refractivity contribution in [3.05, 3.63) is 72.2 Å². The summed E-state index contributed by atoms with van der Waals surface area (Å²) < 4.78 is 6.59. The van der Waals surface area contributed by atoms with Crippen LogP contribution in [0.5, 0.6) is 5.75 Å². The molecule has 4 aromatic rings. The van der Waals surface area contributed by atoms with Gasteiger partial charge < -0.3 is 4.74 Å². The molecule has 0 N–H and O–H groups in total. The summed E-state index contributed by atoms with van der Waals surface area (Å²) in [6.07, 6.45) is 1.95. The first-order valence-corrected chi connectivity index (χ1v) is 8.30. The smallest absolute Gasteiger partial charge is 0.119 e. The molecule has 2 aromatic heterocycles. The van der Waals surface area contributed by atoms with Crippen LogP contribution in [-0.4, -0.2) is 12.1 Å². The van der Waals surface area contributed by atoms with Gasteiger partial charge in [0.15, 0.2) is 0 Å². The summed E-state index contributed by atoms with van der Waals surface area (Å²) in [7, 11) is 1.68. The number of hydrogen-bond acceptors (Lipinski definition) is 3. The van der Waals surface area contributed by atoms with Crippen molar-refractivity contribution < 1.29 is 4.74 Å². The molecule has 2 nitrogen and oxygen atoms in total. The number of fused-ring (bicyclic) bond motifs is 1. The Hall–Kier alpha value is -2.65. The maximum Gasteiger partial charge on any atom is 0.119 e. The lowest BCUT2D eigenvalue weighted by Gasteiger charge is -2.05. The van der Waals surface area contributed by atoms with Crippen LogP contribution in [0.4, 0.5) is 0 Å². The maximum absolute atomic E-state index is 5.28. The van der Waals surface area contributed by atoms with Crippen LogP contribution >= 0.6 is 11.3 Å². The van der Waals surface area contributed by atoms with E-state index in [0.29, 0.717) is 0 Å². The van der Waals surface area contributed by atoms with E-state index >= 15 is 0 Å². The van der Waals surface area contributed by atoms with Crippen molar-refractivity contribution >= 4 is 21.4 Å². The zero-order valence-corrected chi connectivity index (χ0v) is 13.5. The van der Waals surface area contributed by atoms with Gasteiger partial charge >= 0.3 is 0 Å². The minimum atomic E-state index is 0.845. The molecule has 23 heavy (non-hydrogen) atoms. The van der Waals surface area contributed by atoms with Crippen LogP contribution in [0.1, 0.15) is 0 Å². The van der Waals surface area contributed by atoms with E-state index < -0.39 is 0 Å². The topological polar surface area (TPSA) is 22.1 Å². The number of rotatable bonds is 3. The highest BCUT2D eigenvalue weighted by Gasteiger charge is 2.07. The average Bonchev–Trinajstić information content (AvgIpc) is 3.06. The first kappa shape index (κ1) is 14.0. The van der Waals surface area contributed by atoms with Gasteiger partial charge in [0.05, 0.1) is 12.8 Å². The number of pyridine rings is 1. The molecule has 112 valence electrons. The minimum Gasteiger partial charge on any atom is -0.497 e. The van der Waals surface area contributed by atoms with Crippen LogP contribution < -0.4 is 4.74 Å². The molecule has 3 heteroatoms. The molecule has 0 unspecified atom stereocenters. The van der Waals surface area contributed by atoms with Gasteiger partial charge in [0.25, 0.3) is 0 Å². The molecule has 0 spiro atoms. The molecule has 0 saturated carbocycles. The largest absolute Gasteiger partial charge is 0.497 e. The van der Waals surface area contributed by atoms with E-state index in [9.17, 15) is 0 Å². The van der Waals surface area contributed by atoms with E-state index in [1.54, 1.807) is 18.4 Å². The fourth-order valence-electron chi connectivity index (χ4n) is 2.71. The number of thiophene rings is 1. The monoisotopic (exact) mass is 317 g/mol. The van der Waals surface area contributed by atoms with E-state index in [2.05, 4.69) is 46.8 Å². The molecular formula is C20H15NOS. The van der Waals surface area contributed by atoms with E-state index in [0.717, 1.165) is 22.6 Å². The zero-order chi connectivity index (χ0) is 15.6. The van der Waals surface area contributed by atoms with Crippen LogP contribution in [0, 0.1) is 0 Å². The van der Waals surface area contributed by atoms with Gasteiger partial charge in [-0.1, -0.05) is 36.4 Å². The van der Waals surface area contributed by atoms with Gasteiger partial charge in [-0.2, -0.15) is 0 Å². The lowest BCUT2D eigenvalue weighted by molar-refractivity contribution is 0.415. The van der Waals surface area contributed by atoms with Crippen molar-refractivity contribution in [1.29, 1.82) is 0 Å². The van der Waals surface area contributed by atoms with Gasteiger partial charge in [0, 0.05) is 33.0 Å². The molecule has 0 aliphatic carbocycles. The van der Waals surface area contributed by atoms with Gasteiger partial charge in [0.1, 0.15) is 5.75 Å². The SMILES string of the molecule is COc1cccc(-c2ccc(-c3csc4ccccc34)cn2)c1. The van der Waals surface area contributed by atoms with Crippen molar-refractivity contribution in [2.45, 2.75) is 0 Å². The first-order chi connectivity index (χ1) is 11.3. The Labute approximate surface area is 139 Å². The maximum atomic E-state index is 5.28. The zero-order valence-electron chi connectivity index (χ0n) is 12.7. The number of methoxy groups -OCH3 is 1. The number of nitrogens with zero attached hydrogens (tertiary/aromatic N) is 1. The molecule has 0 amide bonds. The Bertz CT molecular complexity index is 957. The van der Waals surface area contributed by atoms with Crippen LogP contribution in [0.25, 0.3) is 32.5 Å². The minimum absolute atomic E-state index is 0.845. The molecule has 0 bridgehead atoms. The van der Waals surface area contributed by atoms with Crippen molar-refractivity contribution in [2.75, 3.05) is 7.11 Å². The Kier molecular flexibility index (Phi) is 3.56. The van der Waals surface area contributed by atoms with Gasteiger partial charge in [-0.3, -0.25) is 4.98 Å². The fourth-order valence-corrected chi connectivity index (χ4v) is 3.68. The first-order valence-electron chi connectivity index (χ1n) is 7.42. The predicted octanol–water partition coefficient (Wildman–Crippen LogP) is 5.64. The van der Waals surface area contributed by atoms with Gasteiger partial charge in [0.2, 0.25) is 0 Å². The van der Waals surface area contributed by atoms with Gasteiger partial charge in [-0.25, -0.2) is 0 Å². The molecule has 0 radical (unpaired) electrons. The number of aromatic nitrogens is 1. The van der Waals surface area contributed by atoms with Crippen molar-refractivity contribution in [3.63, 3.8) is 0 Å². The summed E-state index contributed by atoms with van der Waals surface area (Å²) in [6, 6.07) is 20.6. The van der Waals surface area contributed by atoms with E-state index in [-0.39, 0.29) is 0 Å². The summed E-state index contributed by atoms with van der Waals surface area (Å²) in [5.41, 5.74) is 4.41. The fraction of sp³-hybridized carbons (Fsp3) is 0.0500. The Morgan fingerprint density at radius 2 is 1.83 bits per heavy atom. The molecule has 0 aliphatic rings. The summed E-state index contributed by atoms with van der Waals surface area (Å²) in [5.74, 6) is 0.845. The van der Waals surface area contributed by atoms with Crippen LogP contribution in [-0.2, 0) is 0 Å². The normalized spacial score (nSPS) is 10.8. The summed E-state index contributed by atoms with van der Waals surface area (Å²) in [4.78, 5) is 4.64. The second-order valence-corrected chi connectivity index (χ2v) is 6.22. The van der Waals surface area contributed by atoms with Crippen molar-refractivity contribution in [1.82, 2.24) is 4.98 Å². The highest BCUT2D eigenvalue weighted by molar-refractivity contribution is 7.17. The quantitative estimate of drug-likeness (QED) is 0.488. The number of benzene rings is 2. The molecular weight excluding hydrogens is 302 g/mol. The van der Waals surface area contributed by atoms with Crippen molar-refractivity contribution in [3.8, 4) is 28.1 Å². The Morgan fingerprint density at radius 3 is 2.65 bits per heavy atom. The third-order valence-electron chi connectivity index (χ3n) is 3.92. The highest BCUT2D eigenvalue weighted by Crippen LogP contribution is 2.34. The second-order valence-electron chi connectivity index (χ2n) is 5.31. The standard InChI is InChI=1S/C20H15NOS/c1-22-16-6-4-5-14(11-16)19-10-9-15(12-21-19)18-13-23-20-8-3-2-7-17(18)20/h2-13H,1H3. The van der Waals surface area contributed by atoms with Crippen LogP contribution in [0.3, 0.4) is 0 Å². The second kappa shape index (κ2) is 5.86. The third-order valence-corrected chi connectivity index (χ3v) is 4.88. The lowest BCUT2D eigenvalue weighted by Crippen LogP contribution is -1.87. The third kappa shape index (κ3) is 2.60. The highest BCUT2D eigenvalue weighted by atomic mass is 32.1. The molecule has 0 fully saturated rings. The molecule has 0 saturated heterocycles. The van der Waals surface area contributed by atoms with Gasteiger partial charge in [-0.05, 0) is 29.6 Å². The number of hydrogen-bond donors (Lipinski definition) is 0.